The molecular weight excluding hydrogens is 234 g/mol. The Morgan fingerprint density at radius 1 is 1.05 bits per heavy atom. The van der Waals surface area contributed by atoms with Gasteiger partial charge in [0.15, 0.2) is 0 Å². The fourth-order valence-corrected chi connectivity index (χ4v) is 2.62. The zero-order valence-corrected chi connectivity index (χ0v) is 12.6. The third-order valence-electron chi connectivity index (χ3n) is 3.95. The molecule has 1 aromatic rings. The fourth-order valence-electron chi connectivity index (χ4n) is 2.62. The van der Waals surface area contributed by atoms with Crippen LogP contribution in [0, 0.1) is 5.92 Å². The Bertz CT molecular complexity index is 321. The van der Waals surface area contributed by atoms with E-state index in [4.69, 9.17) is 0 Å². The predicted octanol–water partition coefficient (Wildman–Crippen LogP) is 3.91. The first-order chi connectivity index (χ1) is 9.22. The lowest BCUT2D eigenvalue weighted by Gasteiger charge is -2.24. The van der Waals surface area contributed by atoms with Gasteiger partial charge in [0.2, 0.25) is 0 Å². The summed E-state index contributed by atoms with van der Waals surface area (Å²) in [6.45, 7) is 7.19. The Kier molecular flexibility index (Phi) is 7.76. The van der Waals surface area contributed by atoms with Gasteiger partial charge in [0.05, 0.1) is 6.10 Å². The van der Waals surface area contributed by atoms with Crippen LogP contribution in [0.5, 0.6) is 0 Å². The number of aliphatic hydroxyl groups excluding tert-OH is 1. The Morgan fingerprint density at radius 2 is 1.68 bits per heavy atom. The normalized spacial score (nSPS) is 14.6. The van der Waals surface area contributed by atoms with E-state index in [0.717, 1.165) is 25.7 Å². The van der Waals surface area contributed by atoms with Crippen LogP contribution >= 0.6 is 0 Å². The first kappa shape index (κ1) is 16.2. The van der Waals surface area contributed by atoms with E-state index < -0.39 is 0 Å². The minimum Gasteiger partial charge on any atom is -0.392 e. The summed E-state index contributed by atoms with van der Waals surface area (Å²) in [6.07, 6.45) is 4.11. The molecule has 108 valence electrons. The average molecular weight is 263 g/mol. The van der Waals surface area contributed by atoms with Crippen LogP contribution < -0.4 is 5.32 Å². The Hall–Kier alpha value is -0.860. The predicted molar refractivity (Wildman–Crippen MR) is 82.2 cm³/mol. The van der Waals surface area contributed by atoms with E-state index >= 15 is 0 Å². The summed E-state index contributed by atoms with van der Waals surface area (Å²) in [5, 5.41) is 13.7. The highest BCUT2D eigenvalue weighted by Crippen LogP contribution is 2.19. The van der Waals surface area contributed by atoms with E-state index in [-0.39, 0.29) is 6.10 Å². The molecule has 1 rings (SSSR count). The molecule has 2 atom stereocenters. The van der Waals surface area contributed by atoms with Gasteiger partial charge in [-0.15, -0.1) is 0 Å². The average Bonchev–Trinajstić information content (AvgIpc) is 2.45. The summed E-state index contributed by atoms with van der Waals surface area (Å²) in [4.78, 5) is 0. The highest BCUT2D eigenvalue weighted by atomic mass is 16.3. The van der Waals surface area contributed by atoms with E-state index in [1.807, 2.05) is 6.07 Å². The van der Waals surface area contributed by atoms with E-state index in [1.165, 1.54) is 5.56 Å². The SMILES string of the molecule is CCCC(NCC(O)C(CC)CC)c1ccccc1. The number of benzene rings is 1. The van der Waals surface area contributed by atoms with Crippen LogP contribution in [-0.2, 0) is 0 Å². The second-order valence-corrected chi connectivity index (χ2v) is 5.30. The molecule has 2 nitrogen and oxygen atoms in total. The molecular formula is C17H29NO. The minimum atomic E-state index is -0.238. The number of rotatable bonds is 9. The lowest BCUT2D eigenvalue weighted by Crippen LogP contribution is -2.34. The van der Waals surface area contributed by atoms with Crippen molar-refractivity contribution in [1.29, 1.82) is 0 Å². The van der Waals surface area contributed by atoms with Gasteiger partial charge >= 0.3 is 0 Å². The molecule has 0 bridgehead atoms. The van der Waals surface area contributed by atoms with Crippen molar-refractivity contribution in [3.63, 3.8) is 0 Å². The minimum absolute atomic E-state index is 0.238. The molecule has 0 aliphatic heterocycles. The second-order valence-electron chi connectivity index (χ2n) is 5.30. The smallest absolute Gasteiger partial charge is 0.0692 e. The van der Waals surface area contributed by atoms with Gasteiger partial charge in [-0.1, -0.05) is 70.4 Å². The van der Waals surface area contributed by atoms with Crippen molar-refractivity contribution in [2.45, 2.75) is 58.6 Å². The molecule has 0 aromatic heterocycles. The summed E-state index contributed by atoms with van der Waals surface area (Å²) < 4.78 is 0. The molecule has 0 heterocycles. The molecule has 0 aliphatic rings. The number of aliphatic hydroxyl groups is 1. The lowest BCUT2D eigenvalue weighted by molar-refractivity contribution is 0.0978. The summed E-state index contributed by atoms with van der Waals surface area (Å²) in [6, 6.07) is 10.9. The Labute approximate surface area is 118 Å². The monoisotopic (exact) mass is 263 g/mol. The molecule has 2 unspecified atom stereocenters. The highest BCUT2D eigenvalue weighted by molar-refractivity contribution is 5.18. The molecule has 2 heteroatoms. The first-order valence-electron chi connectivity index (χ1n) is 7.69. The van der Waals surface area contributed by atoms with Crippen LogP contribution in [0.4, 0.5) is 0 Å². The van der Waals surface area contributed by atoms with Crippen LogP contribution in [0.25, 0.3) is 0 Å². The highest BCUT2D eigenvalue weighted by Gasteiger charge is 2.17. The molecule has 0 saturated carbocycles. The molecule has 19 heavy (non-hydrogen) atoms. The van der Waals surface area contributed by atoms with Gasteiger partial charge in [0.25, 0.3) is 0 Å². The second kappa shape index (κ2) is 9.11. The topological polar surface area (TPSA) is 32.3 Å². The van der Waals surface area contributed by atoms with Crippen molar-refractivity contribution < 1.29 is 5.11 Å². The first-order valence-corrected chi connectivity index (χ1v) is 7.69. The van der Waals surface area contributed by atoms with Crippen LogP contribution in [0.15, 0.2) is 30.3 Å². The van der Waals surface area contributed by atoms with Crippen molar-refractivity contribution in [3.05, 3.63) is 35.9 Å². The molecule has 0 radical (unpaired) electrons. The number of nitrogens with one attached hydrogen (secondary N) is 1. The van der Waals surface area contributed by atoms with Gasteiger partial charge in [-0.05, 0) is 17.9 Å². The van der Waals surface area contributed by atoms with Gasteiger partial charge in [0, 0.05) is 12.6 Å². The van der Waals surface area contributed by atoms with Gasteiger partial charge < -0.3 is 10.4 Å². The lowest BCUT2D eigenvalue weighted by atomic mass is 9.95. The summed E-state index contributed by atoms with van der Waals surface area (Å²) in [5.74, 6) is 0.408. The van der Waals surface area contributed by atoms with Gasteiger partial charge in [-0.3, -0.25) is 0 Å². The van der Waals surface area contributed by atoms with Crippen molar-refractivity contribution in [3.8, 4) is 0 Å². The number of hydrogen-bond acceptors (Lipinski definition) is 2. The maximum Gasteiger partial charge on any atom is 0.0692 e. The summed E-state index contributed by atoms with van der Waals surface area (Å²) >= 11 is 0. The maximum atomic E-state index is 10.2. The van der Waals surface area contributed by atoms with Gasteiger partial charge in [-0.25, -0.2) is 0 Å². The van der Waals surface area contributed by atoms with Crippen LogP contribution in [0.2, 0.25) is 0 Å². The molecule has 0 aliphatic carbocycles. The molecule has 2 N–H and O–H groups in total. The maximum absolute atomic E-state index is 10.2. The van der Waals surface area contributed by atoms with Crippen LogP contribution in [0.1, 0.15) is 58.1 Å². The van der Waals surface area contributed by atoms with Crippen LogP contribution in [0.3, 0.4) is 0 Å². The van der Waals surface area contributed by atoms with Crippen LogP contribution in [-0.4, -0.2) is 17.8 Å². The van der Waals surface area contributed by atoms with Crippen molar-refractivity contribution in [2.24, 2.45) is 5.92 Å². The third-order valence-corrected chi connectivity index (χ3v) is 3.95. The quantitative estimate of drug-likeness (QED) is 0.708. The number of hydrogen-bond donors (Lipinski definition) is 2. The summed E-state index contributed by atoms with van der Waals surface area (Å²) in [7, 11) is 0. The Morgan fingerprint density at radius 3 is 2.21 bits per heavy atom. The Balaban J connectivity index is 2.55. The largest absolute Gasteiger partial charge is 0.392 e. The summed E-state index contributed by atoms with van der Waals surface area (Å²) in [5.41, 5.74) is 1.32. The molecule has 0 spiro atoms. The molecule has 0 fully saturated rings. The van der Waals surface area contributed by atoms with Crippen molar-refractivity contribution in [2.75, 3.05) is 6.54 Å². The third kappa shape index (κ3) is 5.33. The molecule has 0 amide bonds. The van der Waals surface area contributed by atoms with E-state index in [0.29, 0.717) is 18.5 Å². The fraction of sp³-hybridized carbons (Fsp3) is 0.647. The zero-order chi connectivity index (χ0) is 14.1. The standard InChI is InChI=1S/C17H29NO/c1-4-10-16(15-11-8-7-9-12-15)18-13-17(19)14(5-2)6-3/h7-9,11-12,14,16-19H,4-6,10,13H2,1-3H3. The van der Waals surface area contributed by atoms with E-state index in [2.05, 4.69) is 50.4 Å². The van der Waals surface area contributed by atoms with Gasteiger partial charge in [-0.2, -0.15) is 0 Å². The van der Waals surface area contributed by atoms with Crippen molar-refractivity contribution >= 4 is 0 Å². The molecule has 1 aromatic carbocycles. The van der Waals surface area contributed by atoms with E-state index in [9.17, 15) is 5.11 Å². The molecule has 0 saturated heterocycles. The zero-order valence-electron chi connectivity index (χ0n) is 12.6. The van der Waals surface area contributed by atoms with E-state index in [1.54, 1.807) is 0 Å². The van der Waals surface area contributed by atoms with Gasteiger partial charge in [0.1, 0.15) is 0 Å². The van der Waals surface area contributed by atoms with Crippen molar-refractivity contribution in [1.82, 2.24) is 5.32 Å².